The van der Waals surface area contributed by atoms with Crippen molar-refractivity contribution in [1.82, 2.24) is 34.6 Å². The summed E-state index contributed by atoms with van der Waals surface area (Å²) in [7, 11) is 4.00. The van der Waals surface area contributed by atoms with Gasteiger partial charge in [-0.3, -0.25) is 0 Å². The lowest BCUT2D eigenvalue weighted by Crippen LogP contribution is -2.44. The number of rotatable bonds is 2. The van der Waals surface area contributed by atoms with Gasteiger partial charge >= 0.3 is 0 Å². The maximum atomic E-state index is 6.44. The van der Waals surface area contributed by atoms with Crippen molar-refractivity contribution in [3.8, 4) is 33.6 Å². The fourth-order valence-corrected chi connectivity index (χ4v) is 5.35. The number of nitrogens with zero attached hydrogens (tertiary/aromatic N) is 8. The van der Waals surface area contributed by atoms with Crippen LogP contribution in [-0.4, -0.2) is 80.6 Å². The average molecular weight is 520 g/mol. The van der Waals surface area contributed by atoms with E-state index in [-0.39, 0.29) is 6.10 Å². The zero-order valence-electron chi connectivity index (χ0n) is 21.1. The predicted molar refractivity (Wildman–Crippen MR) is 143 cm³/mol. The van der Waals surface area contributed by atoms with E-state index in [1.54, 1.807) is 34.5 Å². The van der Waals surface area contributed by atoms with Crippen molar-refractivity contribution in [1.29, 1.82) is 0 Å². The van der Waals surface area contributed by atoms with Gasteiger partial charge in [-0.15, -0.1) is 0 Å². The predicted octanol–water partition coefficient (Wildman–Crippen LogP) is 3.44. The van der Waals surface area contributed by atoms with E-state index in [1.807, 2.05) is 32.4 Å². The van der Waals surface area contributed by atoms with Crippen LogP contribution < -0.4 is 19.7 Å². The monoisotopic (exact) mass is 519 g/mol. The standard InChI is InChI=1S/C25H29N9O2S/c1-16-5-11-35-25-18(14-29-33(25)3)23-26-6-4-20(31-23)30-21-12-19(36-16)17(13-27-21)24-28-15-22(37-24)34-9-7-32(2)8-10-34/h4,6,12-16H,5,7-11H2,1-3H3,(H,26,27,30,31)/t16-/m0/s1. The fourth-order valence-electron chi connectivity index (χ4n) is 4.36. The van der Waals surface area contributed by atoms with Crippen molar-refractivity contribution < 1.29 is 9.47 Å². The molecule has 1 atom stereocenters. The second kappa shape index (κ2) is 9.94. The summed E-state index contributed by atoms with van der Waals surface area (Å²) in [5.74, 6) is 3.12. The van der Waals surface area contributed by atoms with Gasteiger partial charge in [0.1, 0.15) is 33.0 Å². The Morgan fingerprint density at radius 1 is 1.00 bits per heavy atom. The van der Waals surface area contributed by atoms with Crippen molar-refractivity contribution >= 4 is 28.0 Å². The Hall–Kier alpha value is -3.77. The number of ether oxygens (including phenoxy) is 2. The molecule has 0 radical (unpaired) electrons. The van der Waals surface area contributed by atoms with Crippen molar-refractivity contribution in [2.45, 2.75) is 19.4 Å². The first-order chi connectivity index (χ1) is 18.0. The Morgan fingerprint density at radius 3 is 2.73 bits per heavy atom. The minimum Gasteiger partial charge on any atom is -0.490 e. The fraction of sp³-hybridized carbons (Fsp3) is 0.400. The molecule has 12 heteroatoms. The van der Waals surface area contributed by atoms with Crippen molar-refractivity contribution in [2.75, 3.05) is 50.1 Å². The van der Waals surface area contributed by atoms with E-state index in [0.717, 1.165) is 48.1 Å². The Bertz CT molecular complexity index is 1400. The number of anilines is 3. The Labute approximate surface area is 219 Å². The highest BCUT2D eigenvalue weighted by atomic mass is 32.1. The summed E-state index contributed by atoms with van der Waals surface area (Å²) >= 11 is 1.67. The Balaban J connectivity index is 1.33. The van der Waals surface area contributed by atoms with E-state index in [1.165, 1.54) is 5.00 Å². The van der Waals surface area contributed by atoms with Crippen LogP contribution in [-0.2, 0) is 7.05 Å². The van der Waals surface area contributed by atoms with E-state index in [9.17, 15) is 0 Å². The molecule has 0 amide bonds. The van der Waals surface area contributed by atoms with Crippen LogP contribution in [0.4, 0.5) is 16.6 Å². The normalized spacial score (nSPS) is 18.2. The number of likely N-dealkylation sites (N-methyl/N-ethyl adjacent to an activating group) is 1. The summed E-state index contributed by atoms with van der Waals surface area (Å²) in [6.07, 6.45) is 7.78. The van der Waals surface area contributed by atoms with Crippen LogP contribution in [0.2, 0.25) is 0 Å². The van der Waals surface area contributed by atoms with Crippen LogP contribution in [0.15, 0.2) is 36.9 Å². The van der Waals surface area contributed by atoms with Gasteiger partial charge < -0.3 is 24.6 Å². The molecule has 2 aliphatic rings. The third-order valence-corrected chi connectivity index (χ3v) is 7.62. The number of piperazine rings is 1. The topological polar surface area (TPSA) is 106 Å². The van der Waals surface area contributed by atoms with Crippen LogP contribution in [0, 0.1) is 0 Å². The molecule has 0 aliphatic carbocycles. The Morgan fingerprint density at radius 2 is 1.86 bits per heavy atom. The van der Waals surface area contributed by atoms with Gasteiger partial charge in [0.15, 0.2) is 5.82 Å². The van der Waals surface area contributed by atoms with Gasteiger partial charge in [0, 0.05) is 58.1 Å². The second-order valence-electron chi connectivity index (χ2n) is 9.30. The van der Waals surface area contributed by atoms with Gasteiger partial charge in [-0.2, -0.15) is 5.10 Å². The van der Waals surface area contributed by atoms with Crippen LogP contribution >= 0.6 is 11.3 Å². The lowest BCUT2D eigenvalue weighted by Gasteiger charge is -2.32. The third kappa shape index (κ3) is 4.94. The molecular formula is C25H29N9O2S. The molecule has 2 aliphatic heterocycles. The summed E-state index contributed by atoms with van der Waals surface area (Å²) in [4.78, 5) is 23.3. The number of aromatic nitrogens is 6. The van der Waals surface area contributed by atoms with Gasteiger partial charge in [0.25, 0.3) is 0 Å². The van der Waals surface area contributed by atoms with Gasteiger partial charge in [-0.1, -0.05) is 11.3 Å². The molecule has 11 nitrogen and oxygen atoms in total. The largest absolute Gasteiger partial charge is 0.490 e. The molecule has 4 bridgehead atoms. The number of pyridine rings is 1. The maximum Gasteiger partial charge on any atom is 0.222 e. The van der Waals surface area contributed by atoms with E-state index < -0.39 is 0 Å². The van der Waals surface area contributed by atoms with E-state index in [0.29, 0.717) is 36.4 Å². The van der Waals surface area contributed by atoms with Crippen LogP contribution in [0.3, 0.4) is 0 Å². The number of thiazole rings is 1. The average Bonchev–Trinajstić information content (AvgIpc) is 3.52. The van der Waals surface area contributed by atoms with E-state index in [4.69, 9.17) is 14.5 Å². The smallest absolute Gasteiger partial charge is 0.222 e. The molecule has 6 rings (SSSR count). The maximum absolute atomic E-state index is 6.44. The molecule has 0 spiro atoms. The number of fused-ring (bicyclic) bond motifs is 6. The molecule has 0 aromatic carbocycles. The quantitative estimate of drug-likeness (QED) is 0.423. The van der Waals surface area contributed by atoms with Crippen LogP contribution in [0.5, 0.6) is 11.6 Å². The van der Waals surface area contributed by atoms with Gasteiger partial charge in [-0.25, -0.2) is 24.6 Å². The highest BCUT2D eigenvalue weighted by Gasteiger charge is 2.21. The molecule has 1 fully saturated rings. The first-order valence-corrected chi connectivity index (χ1v) is 13.2. The van der Waals surface area contributed by atoms with Crippen LogP contribution in [0.25, 0.3) is 22.0 Å². The zero-order valence-corrected chi connectivity index (χ0v) is 21.9. The summed E-state index contributed by atoms with van der Waals surface area (Å²) in [5, 5.41) is 9.68. The highest BCUT2D eigenvalue weighted by molar-refractivity contribution is 7.19. The summed E-state index contributed by atoms with van der Waals surface area (Å²) in [6, 6.07) is 3.71. The molecule has 1 N–H and O–H groups in total. The number of hydrogen-bond donors (Lipinski definition) is 1. The SMILES string of the molecule is C[C@H]1CCOc2c(cnn2C)-c2nccc(n2)Nc2cc(c(-c3ncc(N4CCN(C)CC4)s3)cn2)O1. The molecule has 0 saturated carbocycles. The van der Waals surface area contributed by atoms with Crippen LogP contribution in [0.1, 0.15) is 13.3 Å². The molecule has 4 aromatic rings. The molecule has 0 unspecified atom stereocenters. The Kier molecular flexibility index (Phi) is 6.35. The second-order valence-corrected chi connectivity index (χ2v) is 10.3. The number of nitrogens with one attached hydrogen (secondary N) is 1. The minimum absolute atomic E-state index is 0.0974. The van der Waals surface area contributed by atoms with Crippen molar-refractivity contribution in [3.05, 3.63) is 36.9 Å². The summed E-state index contributed by atoms with van der Waals surface area (Å²) in [6.45, 7) is 6.60. The summed E-state index contributed by atoms with van der Waals surface area (Å²) in [5.41, 5.74) is 1.61. The van der Waals surface area contributed by atoms with Gasteiger partial charge in [0.05, 0.1) is 30.7 Å². The summed E-state index contributed by atoms with van der Waals surface area (Å²) < 4.78 is 14.2. The first-order valence-electron chi connectivity index (χ1n) is 12.3. The molecule has 4 aromatic heterocycles. The lowest BCUT2D eigenvalue weighted by atomic mass is 10.2. The highest BCUT2D eigenvalue weighted by Crippen LogP contribution is 2.38. The van der Waals surface area contributed by atoms with Crippen molar-refractivity contribution in [3.63, 3.8) is 0 Å². The number of hydrogen-bond acceptors (Lipinski definition) is 11. The minimum atomic E-state index is -0.0974. The van der Waals surface area contributed by atoms with E-state index >= 15 is 0 Å². The molecule has 192 valence electrons. The lowest BCUT2D eigenvalue weighted by molar-refractivity contribution is 0.173. The number of aryl methyl sites for hydroxylation is 1. The van der Waals surface area contributed by atoms with Crippen molar-refractivity contribution in [2.24, 2.45) is 7.05 Å². The molecule has 37 heavy (non-hydrogen) atoms. The molecule has 1 saturated heterocycles. The zero-order chi connectivity index (χ0) is 25.4. The third-order valence-electron chi connectivity index (χ3n) is 6.53. The molecular weight excluding hydrogens is 490 g/mol. The van der Waals surface area contributed by atoms with E-state index in [2.05, 4.69) is 42.2 Å². The van der Waals surface area contributed by atoms with Gasteiger partial charge in [-0.05, 0) is 20.0 Å². The van der Waals surface area contributed by atoms with Gasteiger partial charge in [0.2, 0.25) is 5.88 Å². The molecule has 6 heterocycles. The first kappa shape index (κ1) is 23.6.